The van der Waals surface area contributed by atoms with Crippen molar-refractivity contribution in [1.29, 1.82) is 0 Å². The molecule has 2 fully saturated rings. The van der Waals surface area contributed by atoms with Crippen LogP contribution in [0.15, 0.2) is 12.3 Å². The number of aromatic nitrogens is 1. The number of likely N-dealkylation sites (tertiary alicyclic amines) is 1. The molecule has 1 saturated carbocycles. The number of hydrogen-bond donors (Lipinski definition) is 1. The predicted octanol–water partition coefficient (Wildman–Crippen LogP) is 3.27. The van der Waals surface area contributed by atoms with E-state index < -0.39 is 28.8 Å². The van der Waals surface area contributed by atoms with Gasteiger partial charge in [-0.2, -0.15) is 13.2 Å². The van der Waals surface area contributed by atoms with Gasteiger partial charge in [0.2, 0.25) is 5.91 Å². The van der Waals surface area contributed by atoms with Gasteiger partial charge in [-0.1, -0.05) is 0 Å². The van der Waals surface area contributed by atoms with Crippen LogP contribution in [-0.4, -0.2) is 83.1 Å². The van der Waals surface area contributed by atoms with Crippen molar-refractivity contribution in [1.82, 2.24) is 25.0 Å². The van der Waals surface area contributed by atoms with Crippen LogP contribution in [0, 0.1) is 11.3 Å². The molecule has 204 valence electrons. The minimum atomic E-state index is -4.53. The first-order valence-corrected chi connectivity index (χ1v) is 12.4. The lowest BCUT2D eigenvalue weighted by Gasteiger charge is -2.37. The smallest absolute Gasteiger partial charge is 0.417 e. The van der Waals surface area contributed by atoms with E-state index in [-0.39, 0.29) is 37.0 Å². The lowest BCUT2D eigenvalue weighted by Crippen LogP contribution is -2.50. The van der Waals surface area contributed by atoms with Gasteiger partial charge in [0.25, 0.3) is 0 Å². The molecular weight excluding hydrogens is 491 g/mol. The fourth-order valence-electron chi connectivity index (χ4n) is 5.78. The van der Waals surface area contributed by atoms with Crippen LogP contribution in [0.3, 0.4) is 0 Å². The molecule has 0 radical (unpaired) electrons. The molecule has 1 aromatic rings. The summed E-state index contributed by atoms with van der Waals surface area (Å²) >= 11 is 0. The lowest BCUT2D eigenvalue weighted by atomic mass is 9.78. The van der Waals surface area contributed by atoms with Gasteiger partial charge < -0.3 is 24.8 Å². The molecule has 12 heteroatoms. The van der Waals surface area contributed by atoms with Gasteiger partial charge in [0.1, 0.15) is 5.60 Å². The van der Waals surface area contributed by atoms with E-state index in [1.54, 1.807) is 44.7 Å². The molecule has 3 aliphatic rings. The van der Waals surface area contributed by atoms with Crippen molar-refractivity contribution in [3.8, 4) is 0 Å². The van der Waals surface area contributed by atoms with E-state index in [9.17, 15) is 27.6 Å². The highest BCUT2D eigenvalue weighted by Crippen LogP contribution is 2.50. The number of amides is 4. The zero-order valence-electron chi connectivity index (χ0n) is 21.8. The van der Waals surface area contributed by atoms with Crippen molar-refractivity contribution in [3.63, 3.8) is 0 Å². The summed E-state index contributed by atoms with van der Waals surface area (Å²) in [6.07, 6.45) is -3.11. The SMILES string of the molecule is CN(C)C(=O)N1C[C@@H]2C[C@@H](NC(=O)OC(C)(C)C)C[C@]2(C(=O)N2CCc3ncc(C(F)(F)F)cc3C2)C1. The minimum Gasteiger partial charge on any atom is -0.444 e. The highest BCUT2D eigenvalue weighted by Gasteiger charge is 2.60. The van der Waals surface area contributed by atoms with E-state index in [4.69, 9.17) is 4.74 Å². The number of nitrogens with zero attached hydrogens (tertiary/aromatic N) is 4. The van der Waals surface area contributed by atoms with E-state index in [0.717, 1.165) is 12.3 Å². The molecule has 0 spiro atoms. The first kappa shape index (κ1) is 27.0. The lowest BCUT2D eigenvalue weighted by molar-refractivity contribution is -0.143. The van der Waals surface area contributed by atoms with E-state index >= 15 is 0 Å². The van der Waals surface area contributed by atoms with Crippen LogP contribution in [0.4, 0.5) is 22.8 Å². The third-order valence-corrected chi connectivity index (χ3v) is 7.33. The molecule has 1 saturated heterocycles. The Kier molecular flexibility index (Phi) is 6.83. The number of hydrogen-bond acceptors (Lipinski definition) is 5. The molecule has 0 aromatic carbocycles. The number of halogens is 3. The summed E-state index contributed by atoms with van der Waals surface area (Å²) in [5, 5.41) is 2.87. The van der Waals surface area contributed by atoms with Crippen LogP contribution in [0.2, 0.25) is 0 Å². The normalized spacial score (nSPS) is 25.4. The summed E-state index contributed by atoms with van der Waals surface area (Å²) in [7, 11) is 3.29. The van der Waals surface area contributed by atoms with Crippen LogP contribution < -0.4 is 5.32 Å². The summed E-state index contributed by atoms with van der Waals surface area (Å²) in [5.74, 6) is -0.409. The molecule has 2 aliphatic heterocycles. The Labute approximate surface area is 214 Å². The average Bonchev–Trinajstić information content (AvgIpc) is 3.29. The Balaban J connectivity index is 1.57. The summed E-state index contributed by atoms with van der Waals surface area (Å²) in [6.45, 7) is 6.18. The van der Waals surface area contributed by atoms with Crippen LogP contribution >= 0.6 is 0 Å². The number of carbonyl (C=O) groups excluding carboxylic acids is 3. The maximum atomic E-state index is 14.1. The van der Waals surface area contributed by atoms with Gasteiger partial charge in [0.15, 0.2) is 0 Å². The average molecular weight is 526 g/mol. The maximum Gasteiger partial charge on any atom is 0.417 e. The van der Waals surface area contributed by atoms with Gasteiger partial charge in [0, 0.05) is 64.6 Å². The molecular formula is C25H34F3N5O4. The molecule has 3 heterocycles. The van der Waals surface area contributed by atoms with Crippen LogP contribution in [0.1, 0.15) is 50.4 Å². The number of urea groups is 1. The Morgan fingerprint density at radius 2 is 1.89 bits per heavy atom. The molecule has 37 heavy (non-hydrogen) atoms. The number of fused-ring (bicyclic) bond motifs is 2. The second-order valence-corrected chi connectivity index (χ2v) is 11.5. The molecule has 1 aliphatic carbocycles. The Bertz CT molecular complexity index is 1090. The fourth-order valence-corrected chi connectivity index (χ4v) is 5.78. The second kappa shape index (κ2) is 9.36. The Hall–Kier alpha value is -3.05. The maximum absolute atomic E-state index is 14.1. The van der Waals surface area contributed by atoms with Crippen LogP contribution in [0.5, 0.6) is 0 Å². The first-order chi connectivity index (χ1) is 17.1. The van der Waals surface area contributed by atoms with E-state index in [1.165, 1.54) is 4.90 Å². The number of carbonyl (C=O) groups is 3. The molecule has 4 rings (SSSR count). The highest BCUT2D eigenvalue weighted by atomic mass is 19.4. The number of pyridine rings is 1. The first-order valence-electron chi connectivity index (χ1n) is 12.4. The van der Waals surface area contributed by atoms with Crippen molar-refractivity contribution in [2.24, 2.45) is 11.3 Å². The second-order valence-electron chi connectivity index (χ2n) is 11.5. The van der Waals surface area contributed by atoms with Crippen molar-refractivity contribution in [2.75, 3.05) is 33.7 Å². The van der Waals surface area contributed by atoms with Gasteiger partial charge in [-0.25, -0.2) is 9.59 Å². The monoisotopic (exact) mass is 525 g/mol. The van der Waals surface area contributed by atoms with Gasteiger partial charge in [0.05, 0.1) is 11.0 Å². The molecule has 0 unspecified atom stereocenters. The van der Waals surface area contributed by atoms with Crippen LogP contribution in [-0.2, 0) is 28.7 Å². The molecule has 1 aromatic heterocycles. The summed E-state index contributed by atoms with van der Waals surface area (Å²) < 4.78 is 45.2. The number of nitrogens with one attached hydrogen (secondary N) is 1. The standard InChI is InChI=1S/C25H34F3N5O4/c1-23(2,3)37-21(35)30-18-9-17-13-33(22(36)31(4)5)14-24(17,10-18)20(34)32-7-6-19-15(12-32)8-16(11-29-19)25(26,27)28/h8,11,17-18H,6-7,9-10,12-14H2,1-5H3,(H,30,35)/t17-,18+,24-/m0/s1. The minimum absolute atomic E-state index is 0.0192. The molecule has 1 N–H and O–H groups in total. The van der Waals surface area contributed by atoms with Crippen molar-refractivity contribution in [2.45, 2.75) is 64.4 Å². The van der Waals surface area contributed by atoms with Crippen LogP contribution in [0.25, 0.3) is 0 Å². The third-order valence-electron chi connectivity index (χ3n) is 7.33. The van der Waals surface area contributed by atoms with Gasteiger partial charge in [-0.05, 0) is 51.2 Å². The van der Waals surface area contributed by atoms with Crippen molar-refractivity contribution in [3.05, 3.63) is 29.1 Å². The quantitative estimate of drug-likeness (QED) is 0.640. The van der Waals surface area contributed by atoms with Gasteiger partial charge in [-0.15, -0.1) is 0 Å². The van der Waals surface area contributed by atoms with Crippen molar-refractivity contribution >= 4 is 18.0 Å². The van der Waals surface area contributed by atoms with Crippen molar-refractivity contribution < 1.29 is 32.3 Å². The largest absolute Gasteiger partial charge is 0.444 e. The fraction of sp³-hybridized carbons (Fsp3) is 0.680. The van der Waals surface area contributed by atoms with Gasteiger partial charge >= 0.3 is 18.3 Å². The number of alkyl halides is 3. The molecule has 3 atom stereocenters. The number of rotatable bonds is 2. The van der Waals surface area contributed by atoms with E-state index in [2.05, 4.69) is 10.3 Å². The molecule has 0 bridgehead atoms. The number of ether oxygens (including phenoxy) is 1. The summed E-state index contributed by atoms with van der Waals surface area (Å²) in [6, 6.07) is 0.534. The summed E-state index contributed by atoms with van der Waals surface area (Å²) in [4.78, 5) is 47.9. The van der Waals surface area contributed by atoms with E-state index in [1.807, 2.05) is 0 Å². The summed E-state index contributed by atoms with van der Waals surface area (Å²) in [5.41, 5.74) is -1.53. The highest BCUT2D eigenvalue weighted by molar-refractivity contribution is 5.86. The number of alkyl carbamates (subject to hydrolysis) is 1. The topological polar surface area (TPSA) is 95.1 Å². The molecule has 9 nitrogen and oxygen atoms in total. The zero-order chi connectivity index (χ0) is 27.3. The third kappa shape index (κ3) is 5.47. The Morgan fingerprint density at radius 3 is 2.51 bits per heavy atom. The zero-order valence-corrected chi connectivity index (χ0v) is 21.8. The van der Waals surface area contributed by atoms with Gasteiger partial charge in [-0.3, -0.25) is 9.78 Å². The van der Waals surface area contributed by atoms with E-state index in [0.29, 0.717) is 43.6 Å². The molecule has 4 amide bonds. The predicted molar refractivity (Wildman–Crippen MR) is 127 cm³/mol. The Morgan fingerprint density at radius 1 is 1.19 bits per heavy atom.